The molecule has 0 aliphatic carbocycles. The van der Waals surface area contributed by atoms with Crippen molar-refractivity contribution in [2.24, 2.45) is 0 Å². The van der Waals surface area contributed by atoms with Gasteiger partial charge in [0, 0.05) is 24.7 Å². The van der Waals surface area contributed by atoms with Crippen molar-refractivity contribution in [2.45, 2.75) is 70.1 Å². The van der Waals surface area contributed by atoms with Crippen LogP contribution in [0.25, 0.3) is 0 Å². The molecule has 3 unspecified atom stereocenters. The van der Waals surface area contributed by atoms with Crippen molar-refractivity contribution in [3.8, 4) is 0 Å². The first kappa shape index (κ1) is 14.5. The first-order valence-electron chi connectivity index (χ1n) is 8.09. The molecule has 0 aromatic carbocycles. The molecule has 0 saturated carbocycles. The normalized spacial score (nSPS) is 29.3. The average molecular weight is 291 g/mol. The van der Waals surface area contributed by atoms with Crippen LogP contribution in [-0.2, 0) is 4.79 Å². The number of carbonyl (C=O) groups excluding carboxylic acids is 1. The monoisotopic (exact) mass is 291 g/mol. The second kappa shape index (κ2) is 6.13. The third kappa shape index (κ3) is 2.95. The summed E-state index contributed by atoms with van der Waals surface area (Å²) in [5.74, 6) is 0.175. The molecule has 116 valence electrons. The molecule has 6 heteroatoms. The lowest BCUT2D eigenvalue weighted by Crippen LogP contribution is -2.51. The van der Waals surface area contributed by atoms with Gasteiger partial charge in [0.05, 0.1) is 0 Å². The van der Waals surface area contributed by atoms with Gasteiger partial charge in [0.15, 0.2) is 0 Å². The molecule has 0 spiro atoms. The number of amides is 1. The van der Waals surface area contributed by atoms with Crippen LogP contribution in [-0.4, -0.2) is 50.2 Å². The first-order chi connectivity index (χ1) is 10.2. The molecular formula is C15H25N5O. The molecule has 1 amide bonds. The van der Waals surface area contributed by atoms with E-state index in [2.05, 4.69) is 27.2 Å². The molecule has 0 radical (unpaired) electrons. The first-order valence-corrected chi connectivity index (χ1v) is 8.09. The van der Waals surface area contributed by atoms with Crippen molar-refractivity contribution in [3.63, 3.8) is 0 Å². The summed E-state index contributed by atoms with van der Waals surface area (Å²) in [5, 5.41) is 7.76. The van der Waals surface area contributed by atoms with E-state index in [4.69, 9.17) is 0 Å². The summed E-state index contributed by atoms with van der Waals surface area (Å²) < 4.78 is 1.65. The molecular weight excluding hydrogens is 266 g/mol. The number of hydrogen-bond donors (Lipinski definition) is 1. The Labute approximate surface area is 125 Å². The van der Waals surface area contributed by atoms with Gasteiger partial charge in [0.2, 0.25) is 5.91 Å². The third-order valence-electron chi connectivity index (χ3n) is 4.83. The molecule has 2 aliphatic rings. The fraction of sp³-hybridized carbons (Fsp3) is 0.800. The van der Waals surface area contributed by atoms with Crippen molar-refractivity contribution in [3.05, 3.63) is 12.7 Å². The lowest BCUT2D eigenvalue weighted by atomic mass is 9.97. The summed E-state index contributed by atoms with van der Waals surface area (Å²) in [6, 6.07) is 1.30. The molecule has 2 fully saturated rings. The van der Waals surface area contributed by atoms with E-state index in [1.807, 2.05) is 6.92 Å². The van der Waals surface area contributed by atoms with E-state index in [-0.39, 0.29) is 11.9 Å². The van der Waals surface area contributed by atoms with Crippen LogP contribution in [0.4, 0.5) is 0 Å². The molecule has 3 heterocycles. The Kier molecular flexibility index (Phi) is 4.24. The summed E-state index contributed by atoms with van der Waals surface area (Å²) in [5.41, 5.74) is 0. The number of aromatic nitrogens is 3. The fourth-order valence-corrected chi connectivity index (χ4v) is 3.77. The van der Waals surface area contributed by atoms with Gasteiger partial charge in [-0.05, 0) is 39.0 Å². The number of fused-ring (bicyclic) bond motifs is 2. The maximum atomic E-state index is 12.9. The van der Waals surface area contributed by atoms with Gasteiger partial charge in [-0.1, -0.05) is 6.92 Å². The van der Waals surface area contributed by atoms with E-state index in [0.29, 0.717) is 18.1 Å². The topological polar surface area (TPSA) is 63.1 Å². The van der Waals surface area contributed by atoms with Crippen LogP contribution in [0.5, 0.6) is 0 Å². The molecule has 1 aromatic rings. The molecule has 2 aliphatic heterocycles. The van der Waals surface area contributed by atoms with E-state index >= 15 is 0 Å². The highest BCUT2D eigenvalue weighted by Gasteiger charge is 2.38. The van der Waals surface area contributed by atoms with E-state index in [1.165, 1.54) is 19.2 Å². The summed E-state index contributed by atoms with van der Waals surface area (Å²) >= 11 is 0. The van der Waals surface area contributed by atoms with Crippen LogP contribution >= 0.6 is 0 Å². The predicted molar refractivity (Wildman–Crippen MR) is 79.7 cm³/mol. The van der Waals surface area contributed by atoms with Crippen LogP contribution in [0.1, 0.15) is 52.0 Å². The average Bonchev–Trinajstić information content (AvgIpc) is 3.13. The zero-order valence-corrected chi connectivity index (χ0v) is 12.9. The van der Waals surface area contributed by atoms with E-state index < -0.39 is 0 Å². The smallest absolute Gasteiger partial charge is 0.247 e. The zero-order chi connectivity index (χ0) is 14.8. The minimum Gasteiger partial charge on any atom is -0.338 e. The molecule has 1 aromatic heterocycles. The van der Waals surface area contributed by atoms with Gasteiger partial charge in [0.1, 0.15) is 18.7 Å². The second-order valence-electron chi connectivity index (χ2n) is 6.35. The number of carbonyl (C=O) groups is 1. The van der Waals surface area contributed by atoms with E-state index in [0.717, 1.165) is 25.8 Å². The summed E-state index contributed by atoms with van der Waals surface area (Å²) in [6.07, 6.45) is 8.80. The van der Waals surface area contributed by atoms with Crippen LogP contribution in [0.15, 0.2) is 12.7 Å². The Balaban J connectivity index is 1.73. The van der Waals surface area contributed by atoms with Gasteiger partial charge in [-0.2, -0.15) is 5.10 Å². The molecule has 21 heavy (non-hydrogen) atoms. The predicted octanol–water partition coefficient (Wildman–Crippen LogP) is 1.36. The molecule has 3 rings (SSSR count). The van der Waals surface area contributed by atoms with Gasteiger partial charge in [0.25, 0.3) is 0 Å². The summed E-state index contributed by atoms with van der Waals surface area (Å²) in [6.45, 7) is 4.88. The standard InChI is InChI=1S/C15H25N5O/c1-3-6-19(14-7-12-4-5-13(8-14)18-12)15(21)11(2)20-10-16-9-17-20/h9-14,18H,3-8H2,1-2H3. The minimum absolute atomic E-state index is 0.175. The van der Waals surface area contributed by atoms with Crippen molar-refractivity contribution >= 4 is 5.91 Å². The minimum atomic E-state index is -0.272. The highest BCUT2D eigenvalue weighted by atomic mass is 16.2. The van der Waals surface area contributed by atoms with Crippen molar-refractivity contribution in [1.82, 2.24) is 25.0 Å². The zero-order valence-electron chi connectivity index (χ0n) is 12.9. The van der Waals surface area contributed by atoms with Crippen LogP contribution in [0.3, 0.4) is 0 Å². The Morgan fingerprint density at radius 1 is 1.43 bits per heavy atom. The maximum absolute atomic E-state index is 12.9. The highest BCUT2D eigenvalue weighted by Crippen LogP contribution is 2.30. The number of rotatable bonds is 5. The highest BCUT2D eigenvalue weighted by molar-refractivity contribution is 5.80. The number of piperidine rings is 1. The summed E-state index contributed by atoms with van der Waals surface area (Å²) in [4.78, 5) is 18.9. The lowest BCUT2D eigenvalue weighted by molar-refractivity contribution is -0.137. The van der Waals surface area contributed by atoms with Gasteiger partial charge in [-0.25, -0.2) is 9.67 Å². The number of hydrogen-bond acceptors (Lipinski definition) is 4. The van der Waals surface area contributed by atoms with Crippen molar-refractivity contribution in [1.29, 1.82) is 0 Å². The van der Waals surface area contributed by atoms with Crippen molar-refractivity contribution < 1.29 is 4.79 Å². The van der Waals surface area contributed by atoms with Gasteiger partial charge >= 0.3 is 0 Å². The Bertz CT molecular complexity index is 462. The van der Waals surface area contributed by atoms with E-state index in [9.17, 15) is 4.79 Å². The molecule has 2 bridgehead atoms. The van der Waals surface area contributed by atoms with E-state index in [1.54, 1.807) is 11.0 Å². The quantitative estimate of drug-likeness (QED) is 0.890. The lowest BCUT2D eigenvalue weighted by Gasteiger charge is -2.38. The maximum Gasteiger partial charge on any atom is 0.247 e. The van der Waals surface area contributed by atoms with Crippen LogP contribution < -0.4 is 5.32 Å². The largest absolute Gasteiger partial charge is 0.338 e. The third-order valence-corrected chi connectivity index (χ3v) is 4.83. The fourth-order valence-electron chi connectivity index (χ4n) is 3.77. The molecule has 6 nitrogen and oxygen atoms in total. The van der Waals surface area contributed by atoms with Crippen LogP contribution in [0, 0.1) is 0 Å². The van der Waals surface area contributed by atoms with Crippen LogP contribution in [0.2, 0.25) is 0 Å². The second-order valence-corrected chi connectivity index (χ2v) is 6.35. The van der Waals surface area contributed by atoms with Crippen molar-refractivity contribution in [2.75, 3.05) is 6.54 Å². The molecule has 3 atom stereocenters. The Morgan fingerprint density at radius 3 is 2.71 bits per heavy atom. The number of nitrogens with one attached hydrogen (secondary N) is 1. The molecule has 1 N–H and O–H groups in total. The number of nitrogens with zero attached hydrogens (tertiary/aromatic N) is 4. The SMILES string of the molecule is CCCN(C(=O)C(C)n1cncn1)C1CC2CCC(C1)N2. The van der Waals surface area contributed by atoms with Gasteiger partial charge < -0.3 is 10.2 Å². The Morgan fingerprint density at radius 2 is 2.14 bits per heavy atom. The molecule has 2 saturated heterocycles. The Hall–Kier alpha value is -1.43. The summed E-state index contributed by atoms with van der Waals surface area (Å²) in [7, 11) is 0. The van der Waals surface area contributed by atoms with Gasteiger partial charge in [-0.15, -0.1) is 0 Å². The van der Waals surface area contributed by atoms with Gasteiger partial charge in [-0.3, -0.25) is 4.79 Å².